The van der Waals surface area contributed by atoms with Crippen LogP contribution in [0.25, 0.3) is 0 Å². The average molecular weight is 234 g/mol. The molecule has 0 unspecified atom stereocenters. The van der Waals surface area contributed by atoms with Gasteiger partial charge in [0.05, 0.1) is 5.92 Å². The molecule has 2 heteroatoms. The Labute approximate surface area is 104 Å². The Balaban J connectivity index is 2.66. The minimum atomic E-state index is -0.448. The molecule has 0 saturated carbocycles. The molecule has 17 heavy (non-hydrogen) atoms. The molecule has 94 valence electrons. The largest absolute Gasteiger partial charge is 0.459 e. The molecule has 1 aromatic carbocycles. The lowest BCUT2D eigenvalue weighted by atomic mass is 9.97. The van der Waals surface area contributed by atoms with E-state index in [0.29, 0.717) is 0 Å². The van der Waals surface area contributed by atoms with Crippen molar-refractivity contribution < 1.29 is 9.53 Å². The Hall–Kier alpha value is -1.31. The van der Waals surface area contributed by atoms with Crippen molar-refractivity contribution in [1.29, 1.82) is 0 Å². The molecule has 0 spiro atoms. The van der Waals surface area contributed by atoms with E-state index in [1.165, 1.54) is 11.1 Å². The molecule has 2 nitrogen and oxygen atoms in total. The van der Waals surface area contributed by atoms with Crippen molar-refractivity contribution in [3.63, 3.8) is 0 Å². The second kappa shape index (κ2) is 5.35. The molecule has 0 aliphatic rings. The molecular formula is C15H22O2. The maximum Gasteiger partial charge on any atom is 0.308 e. The van der Waals surface area contributed by atoms with Gasteiger partial charge in [0.15, 0.2) is 0 Å². The van der Waals surface area contributed by atoms with Gasteiger partial charge in [0.2, 0.25) is 0 Å². The van der Waals surface area contributed by atoms with Crippen LogP contribution in [0.5, 0.6) is 0 Å². The van der Waals surface area contributed by atoms with Crippen LogP contribution in [-0.2, 0) is 16.0 Å². The molecule has 0 N–H and O–H groups in total. The van der Waals surface area contributed by atoms with Gasteiger partial charge in [0.25, 0.3) is 0 Å². The lowest BCUT2D eigenvalue weighted by Crippen LogP contribution is -2.32. The van der Waals surface area contributed by atoms with E-state index < -0.39 is 5.60 Å². The second-order valence-corrected chi connectivity index (χ2v) is 5.50. The highest BCUT2D eigenvalue weighted by Gasteiger charge is 2.24. The summed E-state index contributed by atoms with van der Waals surface area (Å²) in [5.74, 6) is -0.214. The molecule has 0 amide bonds. The fourth-order valence-electron chi connectivity index (χ4n) is 1.62. The normalized spacial score (nSPS) is 11.6. The third kappa shape index (κ3) is 4.59. The van der Waals surface area contributed by atoms with Crippen LogP contribution in [0.3, 0.4) is 0 Å². The molecule has 0 radical (unpaired) electrons. The van der Waals surface area contributed by atoms with Crippen molar-refractivity contribution in [2.45, 2.75) is 46.6 Å². The summed E-state index contributed by atoms with van der Waals surface area (Å²) < 4.78 is 5.49. The van der Waals surface area contributed by atoms with Crippen molar-refractivity contribution in [3.05, 3.63) is 35.4 Å². The molecule has 0 saturated heterocycles. The first-order valence-corrected chi connectivity index (χ1v) is 6.08. The van der Waals surface area contributed by atoms with Gasteiger partial charge in [0, 0.05) is 6.42 Å². The van der Waals surface area contributed by atoms with Crippen LogP contribution in [0, 0.1) is 12.8 Å². The lowest BCUT2D eigenvalue weighted by molar-refractivity contribution is -0.160. The summed E-state index contributed by atoms with van der Waals surface area (Å²) in [4.78, 5) is 11.6. The molecule has 0 aromatic heterocycles. The molecule has 1 aromatic rings. The number of aryl methyl sites for hydroxylation is 1. The minimum absolute atomic E-state index is 0.0766. The van der Waals surface area contributed by atoms with E-state index in [4.69, 9.17) is 4.74 Å². The van der Waals surface area contributed by atoms with Gasteiger partial charge < -0.3 is 4.74 Å². The Bertz CT molecular complexity index is 374. The summed E-state index contributed by atoms with van der Waals surface area (Å²) in [5.41, 5.74) is 1.99. The zero-order valence-corrected chi connectivity index (χ0v) is 11.4. The number of carbonyl (C=O) groups excluding carboxylic acids is 1. The van der Waals surface area contributed by atoms with Crippen molar-refractivity contribution in [2.24, 2.45) is 5.92 Å². The molecule has 0 bridgehead atoms. The number of esters is 1. The maximum atomic E-state index is 11.6. The van der Waals surface area contributed by atoms with Crippen LogP contribution in [0.1, 0.15) is 38.8 Å². The van der Waals surface area contributed by atoms with E-state index in [0.717, 1.165) is 6.42 Å². The Morgan fingerprint density at radius 2 is 1.76 bits per heavy atom. The number of hydrogen-bond acceptors (Lipinski definition) is 2. The Kier molecular flexibility index (Phi) is 4.33. The number of benzene rings is 1. The number of ether oxygens (including phenoxy) is 1. The molecule has 0 atom stereocenters. The van der Waals surface area contributed by atoms with E-state index in [9.17, 15) is 4.79 Å². The summed E-state index contributed by atoms with van der Waals surface area (Å²) in [7, 11) is 0. The average Bonchev–Trinajstić information content (AvgIpc) is 2.20. The maximum absolute atomic E-state index is 11.6. The van der Waals surface area contributed by atoms with Crippen molar-refractivity contribution in [2.75, 3.05) is 0 Å². The molecule has 0 heterocycles. The second-order valence-electron chi connectivity index (χ2n) is 5.50. The van der Waals surface area contributed by atoms with Gasteiger partial charge in [-0.25, -0.2) is 0 Å². The Morgan fingerprint density at radius 3 is 2.24 bits per heavy atom. The highest BCUT2D eigenvalue weighted by molar-refractivity contribution is 5.72. The first-order chi connectivity index (χ1) is 7.80. The first-order valence-electron chi connectivity index (χ1n) is 6.08. The van der Waals surface area contributed by atoms with Gasteiger partial charge in [-0.3, -0.25) is 4.79 Å². The highest BCUT2D eigenvalue weighted by Crippen LogP contribution is 2.19. The third-order valence-corrected chi connectivity index (χ3v) is 2.60. The predicted octanol–water partition coefficient (Wildman–Crippen LogP) is 3.52. The quantitative estimate of drug-likeness (QED) is 0.745. The molecular weight excluding hydrogens is 212 g/mol. The number of rotatable bonds is 4. The van der Waals surface area contributed by atoms with E-state index in [1.807, 2.05) is 27.7 Å². The molecule has 0 aliphatic carbocycles. The zero-order valence-electron chi connectivity index (χ0n) is 11.4. The fraction of sp³-hybridized carbons (Fsp3) is 0.533. The molecule has 0 aliphatic heterocycles. The predicted molar refractivity (Wildman–Crippen MR) is 69.9 cm³/mol. The van der Waals surface area contributed by atoms with Gasteiger partial charge in [-0.1, -0.05) is 43.7 Å². The van der Waals surface area contributed by atoms with Gasteiger partial charge in [0.1, 0.15) is 5.60 Å². The Morgan fingerprint density at radius 1 is 1.24 bits per heavy atom. The lowest BCUT2D eigenvalue weighted by Gasteiger charge is -2.26. The SMILES string of the molecule is Cc1ccc(CC(C)(C)OC(=O)C(C)C)cc1. The summed E-state index contributed by atoms with van der Waals surface area (Å²) in [6, 6.07) is 8.33. The smallest absolute Gasteiger partial charge is 0.308 e. The summed E-state index contributed by atoms with van der Waals surface area (Å²) in [6.45, 7) is 9.67. The van der Waals surface area contributed by atoms with Gasteiger partial charge in [-0.15, -0.1) is 0 Å². The van der Waals surface area contributed by atoms with Crippen LogP contribution in [0.2, 0.25) is 0 Å². The topological polar surface area (TPSA) is 26.3 Å². The fourth-order valence-corrected chi connectivity index (χ4v) is 1.62. The van der Waals surface area contributed by atoms with Crippen LogP contribution < -0.4 is 0 Å². The van der Waals surface area contributed by atoms with Crippen LogP contribution in [0.4, 0.5) is 0 Å². The van der Waals surface area contributed by atoms with E-state index >= 15 is 0 Å². The van der Waals surface area contributed by atoms with Gasteiger partial charge in [-0.05, 0) is 26.3 Å². The van der Waals surface area contributed by atoms with Crippen LogP contribution in [0.15, 0.2) is 24.3 Å². The minimum Gasteiger partial charge on any atom is -0.459 e. The summed E-state index contributed by atoms with van der Waals surface area (Å²) >= 11 is 0. The highest BCUT2D eigenvalue weighted by atomic mass is 16.6. The summed E-state index contributed by atoms with van der Waals surface area (Å²) in [5, 5.41) is 0. The molecule has 0 fully saturated rings. The van der Waals surface area contributed by atoms with Gasteiger partial charge >= 0.3 is 5.97 Å². The van der Waals surface area contributed by atoms with Crippen molar-refractivity contribution in [3.8, 4) is 0 Å². The summed E-state index contributed by atoms with van der Waals surface area (Å²) in [6.07, 6.45) is 0.742. The van der Waals surface area contributed by atoms with Crippen molar-refractivity contribution >= 4 is 5.97 Å². The van der Waals surface area contributed by atoms with Crippen LogP contribution >= 0.6 is 0 Å². The molecule has 1 rings (SSSR count). The number of carbonyl (C=O) groups is 1. The van der Waals surface area contributed by atoms with E-state index in [2.05, 4.69) is 31.2 Å². The monoisotopic (exact) mass is 234 g/mol. The third-order valence-electron chi connectivity index (χ3n) is 2.60. The van der Waals surface area contributed by atoms with E-state index in [-0.39, 0.29) is 11.9 Å². The van der Waals surface area contributed by atoms with Gasteiger partial charge in [-0.2, -0.15) is 0 Å². The van der Waals surface area contributed by atoms with E-state index in [1.54, 1.807) is 0 Å². The van der Waals surface area contributed by atoms with Crippen molar-refractivity contribution in [1.82, 2.24) is 0 Å². The van der Waals surface area contributed by atoms with Crippen LogP contribution in [-0.4, -0.2) is 11.6 Å². The number of hydrogen-bond donors (Lipinski definition) is 0. The standard InChI is InChI=1S/C15H22O2/c1-11(2)14(16)17-15(4,5)10-13-8-6-12(3)7-9-13/h6-9,11H,10H2,1-5H3. The zero-order chi connectivity index (χ0) is 13.1. The first kappa shape index (κ1) is 13.8.